The SMILES string of the molecule is Cc1cc(=O)n2nc(CNC(c3ccccc3)c3ccccc3)sc2n1. The van der Waals surface area contributed by atoms with Gasteiger partial charge in [0.1, 0.15) is 5.01 Å². The first-order valence-electron chi connectivity index (χ1n) is 8.40. The van der Waals surface area contributed by atoms with Crippen molar-refractivity contribution >= 4 is 16.3 Å². The first kappa shape index (κ1) is 16.6. The van der Waals surface area contributed by atoms with Crippen LogP contribution in [0.1, 0.15) is 27.9 Å². The summed E-state index contributed by atoms with van der Waals surface area (Å²) < 4.78 is 1.37. The van der Waals surface area contributed by atoms with E-state index in [1.165, 1.54) is 33.0 Å². The van der Waals surface area contributed by atoms with E-state index in [0.29, 0.717) is 17.2 Å². The molecule has 0 amide bonds. The van der Waals surface area contributed by atoms with Gasteiger partial charge in [-0.3, -0.25) is 10.1 Å². The Hall–Kier alpha value is -2.83. The van der Waals surface area contributed by atoms with Crippen molar-refractivity contribution in [2.24, 2.45) is 0 Å². The average molecular weight is 362 g/mol. The highest BCUT2D eigenvalue weighted by Gasteiger charge is 2.15. The van der Waals surface area contributed by atoms with Crippen LogP contribution in [0.2, 0.25) is 0 Å². The number of rotatable bonds is 5. The number of nitrogens with zero attached hydrogens (tertiary/aromatic N) is 3. The van der Waals surface area contributed by atoms with Crippen molar-refractivity contribution in [2.75, 3.05) is 0 Å². The third-order valence-corrected chi connectivity index (χ3v) is 5.05. The van der Waals surface area contributed by atoms with Crippen LogP contribution in [0.3, 0.4) is 0 Å². The van der Waals surface area contributed by atoms with Crippen LogP contribution in [0.25, 0.3) is 4.96 Å². The predicted octanol–water partition coefficient (Wildman–Crippen LogP) is 3.34. The van der Waals surface area contributed by atoms with Crippen molar-refractivity contribution in [1.29, 1.82) is 0 Å². The maximum atomic E-state index is 12.0. The molecular formula is C20H18N4OS. The largest absolute Gasteiger partial charge is 0.300 e. The molecule has 0 aliphatic heterocycles. The molecule has 0 saturated carbocycles. The van der Waals surface area contributed by atoms with E-state index in [9.17, 15) is 4.79 Å². The molecule has 2 aromatic carbocycles. The van der Waals surface area contributed by atoms with Gasteiger partial charge < -0.3 is 0 Å². The van der Waals surface area contributed by atoms with Crippen LogP contribution in [-0.4, -0.2) is 14.6 Å². The third-order valence-electron chi connectivity index (χ3n) is 4.14. The lowest BCUT2D eigenvalue weighted by atomic mass is 9.99. The predicted molar refractivity (Wildman–Crippen MR) is 103 cm³/mol. The van der Waals surface area contributed by atoms with E-state index >= 15 is 0 Å². The fraction of sp³-hybridized carbons (Fsp3) is 0.150. The monoisotopic (exact) mass is 362 g/mol. The number of hydrogen-bond acceptors (Lipinski definition) is 5. The fourth-order valence-electron chi connectivity index (χ4n) is 2.94. The molecule has 0 aliphatic carbocycles. The minimum absolute atomic E-state index is 0.0517. The highest BCUT2D eigenvalue weighted by molar-refractivity contribution is 7.16. The second-order valence-corrected chi connectivity index (χ2v) is 7.10. The molecule has 26 heavy (non-hydrogen) atoms. The van der Waals surface area contributed by atoms with Crippen LogP contribution in [0.15, 0.2) is 71.5 Å². The van der Waals surface area contributed by atoms with Crippen molar-refractivity contribution < 1.29 is 0 Å². The van der Waals surface area contributed by atoms with E-state index in [0.717, 1.165) is 5.01 Å². The highest BCUT2D eigenvalue weighted by atomic mass is 32.1. The van der Waals surface area contributed by atoms with Gasteiger partial charge in [-0.25, -0.2) is 4.98 Å². The average Bonchev–Trinajstić information content (AvgIpc) is 3.07. The molecular weight excluding hydrogens is 344 g/mol. The molecule has 0 unspecified atom stereocenters. The number of fused-ring (bicyclic) bond motifs is 1. The van der Waals surface area contributed by atoms with Crippen molar-refractivity contribution in [1.82, 2.24) is 19.9 Å². The van der Waals surface area contributed by atoms with Gasteiger partial charge in [0.25, 0.3) is 5.56 Å². The van der Waals surface area contributed by atoms with E-state index in [-0.39, 0.29) is 11.6 Å². The number of aromatic nitrogens is 3. The van der Waals surface area contributed by atoms with Crippen LogP contribution < -0.4 is 10.9 Å². The Kier molecular flexibility index (Phi) is 4.60. The smallest absolute Gasteiger partial charge is 0.275 e. The van der Waals surface area contributed by atoms with Crippen molar-refractivity contribution in [2.45, 2.75) is 19.5 Å². The molecule has 2 heterocycles. The van der Waals surface area contributed by atoms with Crippen LogP contribution in [-0.2, 0) is 6.54 Å². The van der Waals surface area contributed by atoms with Gasteiger partial charge in [-0.1, -0.05) is 72.0 Å². The molecule has 0 saturated heterocycles. The van der Waals surface area contributed by atoms with Crippen LogP contribution in [0.4, 0.5) is 0 Å². The van der Waals surface area contributed by atoms with Crippen LogP contribution in [0.5, 0.6) is 0 Å². The summed E-state index contributed by atoms with van der Waals surface area (Å²) in [6.07, 6.45) is 0. The van der Waals surface area contributed by atoms with E-state index in [4.69, 9.17) is 0 Å². The summed E-state index contributed by atoms with van der Waals surface area (Å²) in [6, 6.07) is 22.2. The lowest BCUT2D eigenvalue weighted by Gasteiger charge is -2.19. The van der Waals surface area contributed by atoms with Gasteiger partial charge in [0, 0.05) is 11.8 Å². The van der Waals surface area contributed by atoms with Gasteiger partial charge >= 0.3 is 0 Å². The molecule has 5 nitrogen and oxygen atoms in total. The summed E-state index contributed by atoms with van der Waals surface area (Å²) in [5.74, 6) is 0. The minimum atomic E-state index is -0.141. The molecule has 6 heteroatoms. The number of hydrogen-bond donors (Lipinski definition) is 1. The van der Waals surface area contributed by atoms with Gasteiger partial charge in [0.15, 0.2) is 0 Å². The van der Waals surface area contributed by atoms with Crippen molar-refractivity contribution in [3.8, 4) is 0 Å². The van der Waals surface area contributed by atoms with Crippen molar-refractivity contribution in [3.63, 3.8) is 0 Å². The quantitative estimate of drug-likeness (QED) is 0.592. The second kappa shape index (κ2) is 7.19. The summed E-state index contributed by atoms with van der Waals surface area (Å²) in [6.45, 7) is 2.38. The van der Waals surface area contributed by atoms with Gasteiger partial charge in [-0.15, -0.1) is 0 Å². The van der Waals surface area contributed by atoms with Crippen LogP contribution in [0, 0.1) is 6.92 Å². The molecule has 0 spiro atoms. The van der Waals surface area contributed by atoms with Gasteiger partial charge in [-0.05, 0) is 18.1 Å². The Morgan fingerprint density at radius 2 is 1.65 bits per heavy atom. The van der Waals surface area contributed by atoms with E-state index in [1.807, 2.05) is 43.3 Å². The minimum Gasteiger partial charge on any atom is -0.300 e. The second-order valence-electron chi connectivity index (χ2n) is 6.06. The molecule has 0 fully saturated rings. The number of benzene rings is 2. The molecule has 0 aliphatic rings. The highest BCUT2D eigenvalue weighted by Crippen LogP contribution is 2.23. The molecule has 130 valence electrons. The Labute approximate surface area is 155 Å². The summed E-state index contributed by atoms with van der Waals surface area (Å²) in [4.78, 5) is 17.1. The van der Waals surface area contributed by atoms with E-state index in [1.54, 1.807) is 0 Å². The number of nitrogens with one attached hydrogen (secondary N) is 1. The number of aryl methyl sites for hydroxylation is 1. The normalized spacial score (nSPS) is 11.3. The lowest BCUT2D eigenvalue weighted by Crippen LogP contribution is -2.22. The Bertz CT molecular complexity index is 1030. The topological polar surface area (TPSA) is 59.3 Å². The van der Waals surface area contributed by atoms with E-state index in [2.05, 4.69) is 39.7 Å². The first-order chi connectivity index (χ1) is 12.7. The zero-order valence-electron chi connectivity index (χ0n) is 14.3. The van der Waals surface area contributed by atoms with Gasteiger partial charge in [0.05, 0.1) is 12.6 Å². The zero-order chi connectivity index (χ0) is 17.9. The fourth-order valence-corrected chi connectivity index (χ4v) is 3.84. The Morgan fingerprint density at radius 1 is 1.04 bits per heavy atom. The summed E-state index contributed by atoms with van der Waals surface area (Å²) in [5.41, 5.74) is 2.94. The first-order valence-corrected chi connectivity index (χ1v) is 9.22. The summed E-state index contributed by atoms with van der Waals surface area (Å²) in [7, 11) is 0. The maximum absolute atomic E-state index is 12.0. The van der Waals surface area contributed by atoms with Gasteiger partial charge in [-0.2, -0.15) is 9.61 Å². The molecule has 4 rings (SSSR count). The van der Waals surface area contributed by atoms with Crippen LogP contribution >= 0.6 is 11.3 Å². The molecule has 2 aromatic heterocycles. The zero-order valence-corrected chi connectivity index (χ0v) is 15.1. The molecule has 4 aromatic rings. The molecule has 0 bridgehead atoms. The Morgan fingerprint density at radius 3 is 2.27 bits per heavy atom. The lowest BCUT2D eigenvalue weighted by molar-refractivity contribution is 0.597. The Balaban J connectivity index is 1.63. The maximum Gasteiger partial charge on any atom is 0.275 e. The summed E-state index contributed by atoms with van der Waals surface area (Å²) in [5, 5.41) is 8.81. The van der Waals surface area contributed by atoms with Gasteiger partial charge in [0.2, 0.25) is 4.96 Å². The third kappa shape index (κ3) is 3.42. The summed E-state index contributed by atoms with van der Waals surface area (Å²) >= 11 is 1.44. The molecule has 0 radical (unpaired) electrons. The van der Waals surface area contributed by atoms with E-state index < -0.39 is 0 Å². The standard InChI is InChI=1S/C20H18N4OS/c1-14-12-18(25)24-20(22-14)26-17(23-24)13-21-19(15-8-4-2-5-9-15)16-10-6-3-7-11-16/h2-12,19,21H,13H2,1H3. The molecule has 0 atom stereocenters. The molecule has 1 N–H and O–H groups in total. The van der Waals surface area contributed by atoms with Crippen molar-refractivity contribution in [3.05, 3.63) is 98.9 Å².